The lowest BCUT2D eigenvalue weighted by Crippen LogP contribution is -2.06. The maximum atomic E-state index is 5.46. The number of nitrogens with one attached hydrogen (secondary N) is 1. The van der Waals surface area contributed by atoms with E-state index in [1.54, 1.807) is 12.4 Å². The molecule has 124 valence electrons. The highest BCUT2D eigenvalue weighted by atomic mass is 16.5. The van der Waals surface area contributed by atoms with E-state index in [0.29, 0.717) is 5.58 Å². The zero-order chi connectivity index (χ0) is 17.1. The number of hydrogen-bond acceptors (Lipinski definition) is 6. The van der Waals surface area contributed by atoms with E-state index in [0.717, 1.165) is 46.9 Å². The summed E-state index contributed by atoms with van der Waals surface area (Å²) >= 11 is 0. The molecule has 0 spiro atoms. The van der Waals surface area contributed by atoms with Gasteiger partial charge in [0.2, 0.25) is 5.58 Å². The highest BCUT2D eigenvalue weighted by Crippen LogP contribution is 2.29. The van der Waals surface area contributed by atoms with Gasteiger partial charge in [-0.1, -0.05) is 17.3 Å². The van der Waals surface area contributed by atoms with Gasteiger partial charge in [-0.05, 0) is 37.3 Å². The third-order valence-corrected chi connectivity index (χ3v) is 3.94. The molecular weight excluding hydrogens is 314 g/mol. The number of fused-ring (bicyclic) bond motifs is 1. The van der Waals surface area contributed by atoms with E-state index in [-0.39, 0.29) is 0 Å². The molecule has 4 aromatic rings. The van der Waals surface area contributed by atoms with E-state index in [1.165, 1.54) is 0 Å². The Kier molecular flexibility index (Phi) is 4.08. The van der Waals surface area contributed by atoms with E-state index < -0.39 is 0 Å². The number of aryl methyl sites for hydroxylation is 1. The zero-order valence-electron chi connectivity index (χ0n) is 13.8. The summed E-state index contributed by atoms with van der Waals surface area (Å²) in [7, 11) is 0. The topological polar surface area (TPSA) is 76.7 Å². The van der Waals surface area contributed by atoms with Gasteiger partial charge in [0.25, 0.3) is 0 Å². The Morgan fingerprint density at radius 1 is 1.00 bits per heavy atom. The van der Waals surface area contributed by atoms with Crippen LogP contribution in [0.25, 0.3) is 22.5 Å². The highest BCUT2D eigenvalue weighted by molar-refractivity contribution is 5.90. The molecule has 1 N–H and O–H groups in total. The van der Waals surface area contributed by atoms with E-state index >= 15 is 0 Å². The molecule has 0 atom stereocenters. The molecule has 0 fully saturated rings. The largest absolute Gasteiger partial charge is 0.381 e. The van der Waals surface area contributed by atoms with Crippen molar-refractivity contribution in [3.8, 4) is 11.4 Å². The molecule has 0 saturated carbocycles. The first-order chi connectivity index (χ1) is 12.3. The van der Waals surface area contributed by atoms with Gasteiger partial charge in [0.1, 0.15) is 11.2 Å². The van der Waals surface area contributed by atoms with Crippen LogP contribution in [-0.4, -0.2) is 26.7 Å². The second kappa shape index (κ2) is 6.68. The predicted octanol–water partition coefficient (Wildman–Crippen LogP) is 3.64. The van der Waals surface area contributed by atoms with Crippen LogP contribution in [0.3, 0.4) is 0 Å². The molecule has 6 nitrogen and oxygen atoms in total. The first kappa shape index (κ1) is 15.3. The Hall–Kier alpha value is -3.28. The number of pyridine rings is 3. The Morgan fingerprint density at radius 3 is 2.60 bits per heavy atom. The first-order valence-electron chi connectivity index (χ1n) is 8.13. The van der Waals surface area contributed by atoms with Gasteiger partial charge in [0, 0.05) is 31.1 Å². The van der Waals surface area contributed by atoms with Gasteiger partial charge in [0.05, 0.1) is 17.1 Å². The minimum atomic E-state index is 0.665. The van der Waals surface area contributed by atoms with Crippen molar-refractivity contribution in [1.29, 1.82) is 0 Å². The van der Waals surface area contributed by atoms with Crippen LogP contribution < -0.4 is 5.32 Å². The van der Waals surface area contributed by atoms with E-state index in [2.05, 4.69) is 25.4 Å². The lowest BCUT2D eigenvalue weighted by molar-refractivity contribution is 0.451. The van der Waals surface area contributed by atoms with Gasteiger partial charge in [0.15, 0.2) is 0 Å². The Balaban J connectivity index is 1.65. The van der Waals surface area contributed by atoms with Crippen molar-refractivity contribution in [3.63, 3.8) is 0 Å². The second-order valence-corrected chi connectivity index (χ2v) is 5.71. The van der Waals surface area contributed by atoms with Crippen molar-refractivity contribution in [3.05, 3.63) is 66.2 Å². The monoisotopic (exact) mass is 331 g/mol. The highest BCUT2D eigenvalue weighted by Gasteiger charge is 2.14. The van der Waals surface area contributed by atoms with Crippen LogP contribution in [0, 0.1) is 6.92 Å². The molecule has 0 saturated heterocycles. The molecule has 25 heavy (non-hydrogen) atoms. The third kappa shape index (κ3) is 3.19. The van der Waals surface area contributed by atoms with E-state index in [4.69, 9.17) is 4.52 Å². The van der Waals surface area contributed by atoms with Crippen LogP contribution in [0.1, 0.15) is 11.4 Å². The lowest BCUT2D eigenvalue weighted by Gasteiger charge is -2.08. The average Bonchev–Trinajstić information content (AvgIpc) is 3.04. The molecule has 0 aliphatic heterocycles. The fourth-order valence-corrected chi connectivity index (χ4v) is 2.68. The fourth-order valence-electron chi connectivity index (χ4n) is 2.68. The molecule has 0 aliphatic carbocycles. The normalized spacial score (nSPS) is 10.9. The molecule has 4 rings (SSSR count). The summed E-state index contributed by atoms with van der Waals surface area (Å²) in [5, 5.41) is 7.47. The van der Waals surface area contributed by atoms with Gasteiger partial charge in [-0.3, -0.25) is 9.97 Å². The van der Waals surface area contributed by atoms with Crippen molar-refractivity contribution in [2.75, 3.05) is 11.9 Å². The van der Waals surface area contributed by atoms with E-state index in [9.17, 15) is 0 Å². The molecule has 0 unspecified atom stereocenters. The maximum Gasteiger partial charge on any atom is 0.208 e. The van der Waals surface area contributed by atoms with Crippen molar-refractivity contribution < 1.29 is 4.52 Å². The lowest BCUT2D eigenvalue weighted by atomic mass is 10.2. The number of aromatic nitrogens is 4. The minimum Gasteiger partial charge on any atom is -0.381 e. The summed E-state index contributed by atoms with van der Waals surface area (Å²) in [6.07, 6.45) is 4.38. The van der Waals surface area contributed by atoms with Crippen molar-refractivity contribution in [2.45, 2.75) is 13.3 Å². The summed E-state index contributed by atoms with van der Waals surface area (Å²) in [6, 6.07) is 13.7. The summed E-state index contributed by atoms with van der Waals surface area (Å²) in [4.78, 5) is 13.4. The Morgan fingerprint density at radius 2 is 1.84 bits per heavy atom. The second-order valence-electron chi connectivity index (χ2n) is 5.71. The number of hydrogen-bond donors (Lipinski definition) is 1. The molecule has 6 heteroatoms. The molecule has 4 heterocycles. The summed E-state index contributed by atoms with van der Waals surface area (Å²) in [5.74, 6) is 0. The number of anilines is 1. The first-order valence-corrected chi connectivity index (χ1v) is 8.13. The molecule has 0 radical (unpaired) electrons. The SMILES string of the molecule is Cc1noc2c(NCCc3ccccn3)cc(-c3ccccn3)nc12. The quantitative estimate of drug-likeness (QED) is 0.601. The molecule has 4 aromatic heterocycles. The van der Waals surface area contributed by atoms with Gasteiger partial charge < -0.3 is 9.84 Å². The smallest absolute Gasteiger partial charge is 0.208 e. The molecule has 0 aliphatic rings. The molecular formula is C19H17N5O. The van der Waals surface area contributed by atoms with Crippen LogP contribution in [0.5, 0.6) is 0 Å². The van der Waals surface area contributed by atoms with Crippen molar-refractivity contribution >= 4 is 16.8 Å². The number of rotatable bonds is 5. The maximum absolute atomic E-state index is 5.46. The van der Waals surface area contributed by atoms with Crippen molar-refractivity contribution in [1.82, 2.24) is 20.1 Å². The Bertz CT molecular complexity index is 983. The van der Waals surface area contributed by atoms with Gasteiger partial charge >= 0.3 is 0 Å². The zero-order valence-corrected chi connectivity index (χ0v) is 13.8. The van der Waals surface area contributed by atoms with Gasteiger partial charge in [-0.15, -0.1) is 0 Å². The Labute approximate surface area is 144 Å². The molecule has 0 amide bonds. The van der Waals surface area contributed by atoms with Crippen molar-refractivity contribution in [2.24, 2.45) is 0 Å². The molecule has 0 aromatic carbocycles. The predicted molar refractivity (Wildman–Crippen MR) is 96.2 cm³/mol. The summed E-state index contributed by atoms with van der Waals surface area (Å²) < 4.78 is 5.46. The standard InChI is InChI=1S/C19H17N5O/c1-13-18-19(25-24-13)17(22-11-8-14-6-2-4-9-20-14)12-16(23-18)15-7-3-5-10-21-15/h2-7,9-10,12H,8,11H2,1H3,(H,22,23). The molecule has 0 bridgehead atoms. The number of nitrogens with zero attached hydrogens (tertiary/aromatic N) is 4. The van der Waals surface area contributed by atoms with Gasteiger partial charge in [-0.25, -0.2) is 4.98 Å². The minimum absolute atomic E-state index is 0.665. The van der Waals surface area contributed by atoms with Gasteiger partial charge in [-0.2, -0.15) is 0 Å². The van der Waals surface area contributed by atoms with Crippen LogP contribution in [0.4, 0.5) is 5.69 Å². The van der Waals surface area contributed by atoms with Crippen LogP contribution in [0.15, 0.2) is 59.4 Å². The summed E-state index contributed by atoms with van der Waals surface area (Å²) in [6.45, 7) is 2.62. The van der Waals surface area contributed by atoms with E-state index in [1.807, 2.05) is 49.4 Å². The van der Waals surface area contributed by atoms with Crippen LogP contribution in [0.2, 0.25) is 0 Å². The fraction of sp³-hybridized carbons (Fsp3) is 0.158. The third-order valence-electron chi connectivity index (χ3n) is 3.94. The average molecular weight is 331 g/mol. The van der Waals surface area contributed by atoms with Crippen LogP contribution in [-0.2, 0) is 6.42 Å². The summed E-state index contributed by atoms with van der Waals surface area (Å²) in [5.41, 5.74) is 5.70. The van der Waals surface area contributed by atoms with Crippen LogP contribution >= 0.6 is 0 Å².